The molecule has 0 saturated carbocycles. The summed E-state index contributed by atoms with van der Waals surface area (Å²) < 4.78 is 102. The van der Waals surface area contributed by atoms with Gasteiger partial charge in [0.25, 0.3) is 0 Å². The second kappa shape index (κ2) is 7.81. The molecule has 0 aliphatic rings. The molecule has 0 amide bonds. The van der Waals surface area contributed by atoms with Gasteiger partial charge >= 0.3 is 0 Å². The molecule has 37 heavy (non-hydrogen) atoms. The lowest BCUT2D eigenvalue weighted by Gasteiger charge is -2.19. The zero-order valence-corrected chi connectivity index (χ0v) is 19.3. The normalized spacial score (nSPS) is 15.9. The summed E-state index contributed by atoms with van der Waals surface area (Å²) in [5.41, 5.74) is 2.71. The Bertz CT molecular complexity index is 2670. The second-order valence-corrected chi connectivity index (χ2v) is 8.84. The number of para-hydroxylation sites is 1. The Morgan fingerprint density at radius 2 is 1.05 bits per heavy atom. The van der Waals surface area contributed by atoms with Crippen molar-refractivity contribution in [2.24, 2.45) is 0 Å². The predicted molar refractivity (Wildman–Crippen MR) is 157 cm³/mol. The Labute approximate surface area is 229 Å². The van der Waals surface area contributed by atoms with Crippen LogP contribution in [-0.4, -0.2) is 0 Å². The molecule has 0 saturated heterocycles. The van der Waals surface area contributed by atoms with Crippen molar-refractivity contribution >= 4 is 54.3 Å². The average molecular weight is 482 g/mol. The van der Waals surface area contributed by atoms with Crippen molar-refractivity contribution in [1.82, 2.24) is 0 Å². The molecule has 1 heteroatoms. The molecule has 1 aromatic heterocycles. The van der Waals surface area contributed by atoms with Crippen molar-refractivity contribution in [2.75, 3.05) is 0 Å². The fraction of sp³-hybridized carbons (Fsp3) is 0. The van der Waals surface area contributed by atoms with Crippen LogP contribution in [0.4, 0.5) is 0 Å². The quantitative estimate of drug-likeness (QED) is 0.224. The van der Waals surface area contributed by atoms with E-state index in [0.717, 1.165) is 10.8 Å². The minimum Gasteiger partial charge on any atom is -0.456 e. The van der Waals surface area contributed by atoms with Gasteiger partial charge in [0, 0.05) is 10.8 Å². The third-order valence-electron chi connectivity index (χ3n) is 6.92. The van der Waals surface area contributed by atoms with E-state index >= 15 is 0 Å². The highest BCUT2D eigenvalue weighted by atomic mass is 16.3. The first-order chi connectivity index (χ1) is 22.9. The Morgan fingerprint density at radius 1 is 0.432 bits per heavy atom. The molecule has 0 fully saturated rings. The number of hydrogen-bond acceptors (Lipinski definition) is 1. The molecule has 0 spiro atoms. The highest BCUT2D eigenvalue weighted by molar-refractivity contribution is 6.26. The maximum atomic E-state index is 9.14. The zero-order valence-electron chi connectivity index (χ0n) is 30.3. The summed E-state index contributed by atoms with van der Waals surface area (Å²) in [7, 11) is 0. The van der Waals surface area contributed by atoms with Gasteiger partial charge in [-0.05, 0) is 66.7 Å². The molecule has 0 radical (unpaired) electrons. The molecule has 8 rings (SSSR count). The number of benzene rings is 7. The highest BCUT2D eigenvalue weighted by Gasteiger charge is 2.20. The fourth-order valence-corrected chi connectivity index (χ4v) is 5.43. The SMILES string of the molecule is [2H]c1cc2c(-c3c([2H])c([2H])c([2H])c4c([2H])c([2H])c([2H])c([2H])c34)c3cc([2H])c([2H])cc3c(-c3cccc4oc5ccccc5c34)c2cc1[2H]. The van der Waals surface area contributed by atoms with Crippen LogP contribution in [0.25, 0.3) is 76.5 Å². The Hall–Kier alpha value is -4.88. The van der Waals surface area contributed by atoms with Crippen LogP contribution in [0, 0.1) is 0 Å². The molecule has 0 unspecified atom stereocenters. The van der Waals surface area contributed by atoms with Gasteiger partial charge in [0.15, 0.2) is 0 Å². The van der Waals surface area contributed by atoms with E-state index in [0.29, 0.717) is 43.8 Å². The molecule has 8 aromatic rings. The third-order valence-corrected chi connectivity index (χ3v) is 6.92. The molecule has 7 aromatic carbocycles. The number of rotatable bonds is 2. The van der Waals surface area contributed by atoms with Crippen molar-refractivity contribution in [3.8, 4) is 22.3 Å². The molecule has 0 N–H and O–H groups in total. The monoisotopic (exact) mass is 481 g/mol. The fourth-order valence-electron chi connectivity index (χ4n) is 5.43. The van der Waals surface area contributed by atoms with Crippen LogP contribution in [0.5, 0.6) is 0 Å². The van der Waals surface area contributed by atoms with Crippen LogP contribution in [0.1, 0.15) is 15.1 Å². The summed E-state index contributed by atoms with van der Waals surface area (Å²) in [5, 5.41) is 2.88. The van der Waals surface area contributed by atoms with Gasteiger partial charge in [-0.25, -0.2) is 0 Å². The summed E-state index contributed by atoms with van der Waals surface area (Å²) in [6.07, 6.45) is 0. The lowest BCUT2D eigenvalue weighted by atomic mass is 9.84. The van der Waals surface area contributed by atoms with Crippen molar-refractivity contribution < 1.29 is 19.5 Å². The van der Waals surface area contributed by atoms with Gasteiger partial charge in [0.2, 0.25) is 0 Å². The maximum Gasteiger partial charge on any atom is 0.136 e. The van der Waals surface area contributed by atoms with E-state index in [2.05, 4.69) is 0 Å². The van der Waals surface area contributed by atoms with Crippen LogP contribution in [0.2, 0.25) is 0 Å². The van der Waals surface area contributed by atoms with Gasteiger partial charge < -0.3 is 4.42 Å². The zero-order chi connectivity index (χ0) is 33.9. The summed E-state index contributed by atoms with van der Waals surface area (Å²) in [6.45, 7) is 0. The van der Waals surface area contributed by atoms with Gasteiger partial charge in [-0.15, -0.1) is 0 Å². The van der Waals surface area contributed by atoms with Gasteiger partial charge in [0.1, 0.15) is 11.2 Å². The Morgan fingerprint density at radius 3 is 1.81 bits per heavy atom. The number of fused-ring (bicyclic) bond motifs is 6. The van der Waals surface area contributed by atoms with E-state index in [-0.39, 0.29) is 46.1 Å². The largest absolute Gasteiger partial charge is 0.456 e. The molecule has 1 nitrogen and oxygen atoms in total. The first kappa shape index (κ1) is 12.4. The number of hydrogen-bond donors (Lipinski definition) is 0. The van der Waals surface area contributed by atoms with Crippen molar-refractivity contribution in [1.29, 1.82) is 0 Å². The van der Waals surface area contributed by atoms with Crippen molar-refractivity contribution in [3.63, 3.8) is 0 Å². The molecule has 0 aliphatic carbocycles. The summed E-state index contributed by atoms with van der Waals surface area (Å²) in [5.74, 6) is 0. The molecule has 0 bridgehead atoms. The lowest BCUT2D eigenvalue weighted by Crippen LogP contribution is -1.92. The summed E-state index contributed by atoms with van der Waals surface area (Å²) in [4.78, 5) is 0. The standard InChI is InChI=1S/C36H22O/c1-2-13-24-23(11-1)12-9-19-25(24)34-26-14-3-5-16-28(26)35(29-17-6-4-15-27(29)34)31-20-10-22-33-36(31)30-18-7-8-21-32(30)37-33/h1-22H/i1D,2D,3D,4D,5D,6D,9D,11D,12D,13D,19D. The van der Waals surface area contributed by atoms with Crippen molar-refractivity contribution in [2.45, 2.75) is 0 Å². The Balaban J connectivity index is 1.69. The third kappa shape index (κ3) is 2.92. The van der Waals surface area contributed by atoms with Gasteiger partial charge in [0.05, 0.1) is 15.1 Å². The van der Waals surface area contributed by atoms with E-state index < -0.39 is 42.3 Å². The first-order valence-electron chi connectivity index (χ1n) is 17.3. The minimum absolute atomic E-state index is 0.0548. The van der Waals surface area contributed by atoms with E-state index in [1.165, 1.54) is 24.3 Å². The smallest absolute Gasteiger partial charge is 0.136 e. The van der Waals surface area contributed by atoms with Gasteiger partial charge in [-0.2, -0.15) is 0 Å². The van der Waals surface area contributed by atoms with Crippen molar-refractivity contribution in [3.05, 3.63) is 133 Å². The molecule has 0 atom stereocenters. The van der Waals surface area contributed by atoms with E-state index in [1.54, 1.807) is 0 Å². The second-order valence-electron chi connectivity index (χ2n) is 8.84. The molecular weight excluding hydrogens is 448 g/mol. The molecular formula is C36H22O. The van der Waals surface area contributed by atoms with Crippen LogP contribution in [0.3, 0.4) is 0 Å². The molecule has 172 valence electrons. The van der Waals surface area contributed by atoms with E-state index in [9.17, 15) is 0 Å². The molecule has 1 heterocycles. The van der Waals surface area contributed by atoms with E-state index in [1.807, 2.05) is 42.5 Å². The molecule has 0 aliphatic heterocycles. The van der Waals surface area contributed by atoms with Crippen LogP contribution in [0.15, 0.2) is 138 Å². The van der Waals surface area contributed by atoms with Crippen LogP contribution in [-0.2, 0) is 0 Å². The summed E-state index contributed by atoms with van der Waals surface area (Å²) in [6, 6.07) is 14.9. The van der Waals surface area contributed by atoms with Crippen LogP contribution >= 0.6 is 0 Å². The maximum absolute atomic E-state index is 9.14. The van der Waals surface area contributed by atoms with Crippen LogP contribution < -0.4 is 0 Å². The van der Waals surface area contributed by atoms with E-state index in [4.69, 9.17) is 19.5 Å². The minimum atomic E-state index is -0.575. The average Bonchev–Trinajstić information content (AvgIpc) is 3.45. The highest BCUT2D eigenvalue weighted by Crippen LogP contribution is 2.47. The number of furan rings is 1. The predicted octanol–water partition coefficient (Wildman–Crippen LogP) is 10.4. The van der Waals surface area contributed by atoms with Gasteiger partial charge in [-0.3, -0.25) is 0 Å². The summed E-state index contributed by atoms with van der Waals surface area (Å²) >= 11 is 0. The first-order valence-corrected chi connectivity index (χ1v) is 11.8. The topological polar surface area (TPSA) is 13.1 Å². The Kier molecular flexibility index (Phi) is 2.61. The lowest BCUT2D eigenvalue weighted by molar-refractivity contribution is 0.669. The van der Waals surface area contributed by atoms with Gasteiger partial charge in [-0.1, -0.05) is 121 Å².